The van der Waals surface area contributed by atoms with E-state index in [4.69, 9.17) is 5.41 Å². The third kappa shape index (κ3) is 4.05. The molecule has 1 unspecified atom stereocenters. The van der Waals surface area contributed by atoms with Gasteiger partial charge in [0.25, 0.3) is 0 Å². The minimum atomic E-state index is -4.60. The maximum Gasteiger partial charge on any atom is 0.435 e. The number of amidine groups is 1. The lowest BCUT2D eigenvalue weighted by Gasteiger charge is -2.21. The maximum atomic E-state index is 13.0. The number of carbonyl (C=O) groups excluding carboxylic acids is 1. The van der Waals surface area contributed by atoms with Crippen molar-refractivity contribution >= 4 is 17.6 Å². The second kappa shape index (κ2) is 8.06. The van der Waals surface area contributed by atoms with E-state index in [9.17, 15) is 18.0 Å². The monoisotopic (exact) mass is 443 g/mol. The average Bonchev–Trinajstić information content (AvgIpc) is 3.17. The molecule has 1 amide bonds. The van der Waals surface area contributed by atoms with E-state index < -0.39 is 23.8 Å². The van der Waals surface area contributed by atoms with Gasteiger partial charge in [0.2, 0.25) is 5.91 Å². The van der Waals surface area contributed by atoms with Crippen LogP contribution in [0.5, 0.6) is 0 Å². The second-order valence-corrected chi connectivity index (χ2v) is 7.46. The molecule has 2 aromatic heterocycles. The highest BCUT2D eigenvalue weighted by Gasteiger charge is 2.38. The number of alkyl halides is 3. The lowest BCUT2D eigenvalue weighted by atomic mass is 10.1. The number of hydrogen-bond acceptors (Lipinski definition) is 5. The largest absolute Gasteiger partial charge is 0.435 e. The second-order valence-electron chi connectivity index (χ2n) is 7.46. The van der Waals surface area contributed by atoms with Crippen LogP contribution in [0.3, 0.4) is 0 Å². The zero-order valence-electron chi connectivity index (χ0n) is 17.3. The van der Waals surface area contributed by atoms with Crippen molar-refractivity contribution in [2.45, 2.75) is 32.1 Å². The predicted octanol–water partition coefficient (Wildman–Crippen LogP) is 3.02. The number of benzene rings is 1. The molecule has 1 aliphatic rings. The lowest BCUT2D eigenvalue weighted by molar-refractivity contribution is -0.141. The summed E-state index contributed by atoms with van der Waals surface area (Å²) in [6, 6.07) is 9.46. The quantitative estimate of drug-likeness (QED) is 0.479. The highest BCUT2D eigenvalue weighted by Crippen LogP contribution is 2.32. The minimum Gasteiger partial charge on any atom is -0.356 e. The molecule has 0 spiro atoms. The first-order valence-corrected chi connectivity index (χ1v) is 9.82. The molecule has 1 aliphatic heterocycles. The molecule has 32 heavy (non-hydrogen) atoms. The number of amides is 1. The number of halogens is 3. The molecule has 3 heterocycles. The van der Waals surface area contributed by atoms with Gasteiger partial charge in [0.1, 0.15) is 11.9 Å². The van der Waals surface area contributed by atoms with Gasteiger partial charge >= 0.3 is 6.18 Å². The number of nitrogens with one attached hydrogen (secondary N) is 2. The van der Waals surface area contributed by atoms with Crippen molar-refractivity contribution < 1.29 is 18.0 Å². The van der Waals surface area contributed by atoms with E-state index in [1.165, 1.54) is 7.05 Å². The first-order chi connectivity index (χ1) is 15.1. The van der Waals surface area contributed by atoms with Crippen LogP contribution in [0.25, 0.3) is 11.3 Å². The van der Waals surface area contributed by atoms with Gasteiger partial charge in [-0.1, -0.05) is 30.3 Å². The summed E-state index contributed by atoms with van der Waals surface area (Å²) in [4.78, 5) is 22.7. The molecule has 1 aromatic carbocycles. The zero-order chi connectivity index (χ0) is 23.0. The van der Waals surface area contributed by atoms with Gasteiger partial charge in [-0.25, -0.2) is 14.6 Å². The Hall–Kier alpha value is -3.76. The Morgan fingerprint density at radius 2 is 1.97 bits per heavy atom. The molecule has 0 fully saturated rings. The van der Waals surface area contributed by atoms with Crippen molar-refractivity contribution in [2.75, 3.05) is 11.9 Å². The first-order valence-electron chi connectivity index (χ1n) is 9.82. The summed E-state index contributed by atoms with van der Waals surface area (Å²) in [5.74, 6) is -0.454. The van der Waals surface area contributed by atoms with Crippen LogP contribution in [0.2, 0.25) is 0 Å². The van der Waals surface area contributed by atoms with Crippen LogP contribution >= 0.6 is 0 Å². The fourth-order valence-electron chi connectivity index (χ4n) is 3.52. The van der Waals surface area contributed by atoms with Crippen LogP contribution in [-0.4, -0.2) is 44.6 Å². The molecular weight excluding hydrogens is 423 g/mol. The van der Waals surface area contributed by atoms with Crippen molar-refractivity contribution in [3.8, 4) is 11.3 Å². The van der Waals surface area contributed by atoms with Crippen molar-refractivity contribution in [2.24, 2.45) is 0 Å². The molecule has 3 aromatic rings. The van der Waals surface area contributed by atoms with Crippen molar-refractivity contribution in [1.29, 1.82) is 5.41 Å². The number of aryl methyl sites for hydroxylation is 2. The first kappa shape index (κ1) is 21.5. The highest BCUT2D eigenvalue weighted by atomic mass is 19.4. The third-order valence-corrected chi connectivity index (χ3v) is 5.21. The smallest absolute Gasteiger partial charge is 0.356 e. The standard InChI is InChI=1S/C21H20F3N7O/c1-12-11-26-19(28-17(12)13-6-4-3-5-7-13)18(25)27-14-8-9-31-16(30(2)20(14)32)10-15(29-31)21(22,23)24/h3-7,10-11,14H,8-9H2,1-2H3,(H2,25,27). The van der Waals surface area contributed by atoms with Crippen LogP contribution in [0.4, 0.5) is 19.0 Å². The van der Waals surface area contributed by atoms with E-state index >= 15 is 0 Å². The highest BCUT2D eigenvalue weighted by molar-refractivity contribution is 6.01. The molecule has 0 saturated heterocycles. The summed E-state index contributed by atoms with van der Waals surface area (Å²) < 4.78 is 40.1. The van der Waals surface area contributed by atoms with Crippen molar-refractivity contribution in [3.63, 3.8) is 0 Å². The molecule has 0 aliphatic carbocycles. The van der Waals surface area contributed by atoms with Crippen LogP contribution in [0, 0.1) is 12.3 Å². The summed E-state index contributed by atoms with van der Waals surface area (Å²) >= 11 is 0. The SMILES string of the molecule is Cc1cnc(C(=N)NC2CCn3nc(C(F)(F)F)cc3N(C)C2=O)nc1-c1ccccc1. The predicted molar refractivity (Wildman–Crippen MR) is 111 cm³/mol. The van der Waals surface area contributed by atoms with Gasteiger partial charge in [0.15, 0.2) is 17.4 Å². The van der Waals surface area contributed by atoms with Gasteiger partial charge in [0, 0.05) is 31.4 Å². The number of nitrogens with zero attached hydrogens (tertiary/aromatic N) is 5. The summed E-state index contributed by atoms with van der Waals surface area (Å²) in [5.41, 5.74) is 1.33. The molecular formula is C21H20F3N7O. The molecule has 0 bridgehead atoms. The van der Waals surface area contributed by atoms with Crippen molar-refractivity contribution in [3.05, 3.63) is 59.7 Å². The van der Waals surface area contributed by atoms with Crippen LogP contribution in [0.15, 0.2) is 42.6 Å². The third-order valence-electron chi connectivity index (χ3n) is 5.21. The van der Waals surface area contributed by atoms with Gasteiger partial charge in [-0.2, -0.15) is 18.3 Å². The van der Waals surface area contributed by atoms with Crippen molar-refractivity contribution in [1.82, 2.24) is 25.1 Å². The number of fused-ring (bicyclic) bond motifs is 1. The number of carbonyl (C=O) groups is 1. The van der Waals surface area contributed by atoms with E-state index in [2.05, 4.69) is 20.4 Å². The number of anilines is 1. The lowest BCUT2D eigenvalue weighted by Crippen LogP contribution is -2.47. The Morgan fingerprint density at radius 3 is 2.66 bits per heavy atom. The van der Waals surface area contributed by atoms with Gasteiger partial charge < -0.3 is 5.32 Å². The fourth-order valence-corrected chi connectivity index (χ4v) is 3.52. The Morgan fingerprint density at radius 1 is 1.25 bits per heavy atom. The topological polar surface area (TPSA) is 99.8 Å². The summed E-state index contributed by atoms with van der Waals surface area (Å²) in [6.45, 7) is 1.94. The van der Waals surface area contributed by atoms with Crippen LogP contribution in [0.1, 0.15) is 23.5 Å². The molecule has 0 saturated carbocycles. The molecule has 4 rings (SSSR count). The van der Waals surface area contributed by atoms with Crippen LogP contribution in [-0.2, 0) is 17.5 Å². The van der Waals surface area contributed by atoms with E-state index in [1.54, 1.807) is 6.20 Å². The molecule has 2 N–H and O–H groups in total. The van der Waals surface area contributed by atoms with E-state index in [1.807, 2.05) is 37.3 Å². The Labute approximate surface area is 181 Å². The zero-order valence-corrected chi connectivity index (χ0v) is 17.3. The summed E-state index contributed by atoms with van der Waals surface area (Å²) in [5, 5.41) is 14.8. The van der Waals surface area contributed by atoms with Gasteiger partial charge in [-0.15, -0.1) is 0 Å². The number of likely N-dealkylation sites (N-methyl/N-ethyl adjacent to an activating group) is 1. The molecule has 1 atom stereocenters. The van der Waals surface area contributed by atoms with Gasteiger partial charge in [0.05, 0.1) is 5.69 Å². The maximum absolute atomic E-state index is 13.0. The Balaban J connectivity index is 1.54. The van der Waals surface area contributed by atoms with E-state index in [0.717, 1.165) is 26.8 Å². The normalized spacial score (nSPS) is 16.5. The summed E-state index contributed by atoms with van der Waals surface area (Å²) in [6.07, 6.45) is -2.84. The number of rotatable bonds is 3. The van der Waals surface area contributed by atoms with Gasteiger partial charge in [-0.3, -0.25) is 15.1 Å². The average molecular weight is 443 g/mol. The fraction of sp³-hybridized carbons (Fsp3) is 0.286. The number of hydrogen-bond donors (Lipinski definition) is 2. The molecule has 0 radical (unpaired) electrons. The molecule has 8 nitrogen and oxygen atoms in total. The Kier molecular flexibility index (Phi) is 5.41. The Bertz CT molecular complexity index is 1170. The van der Waals surface area contributed by atoms with E-state index in [-0.39, 0.29) is 30.4 Å². The summed E-state index contributed by atoms with van der Waals surface area (Å²) in [7, 11) is 1.38. The van der Waals surface area contributed by atoms with E-state index in [0.29, 0.717) is 5.69 Å². The minimum absolute atomic E-state index is 0.0519. The molecule has 166 valence electrons. The van der Waals surface area contributed by atoms with Gasteiger partial charge in [-0.05, 0) is 18.9 Å². The van der Waals surface area contributed by atoms with Crippen LogP contribution < -0.4 is 10.2 Å². The number of aromatic nitrogens is 4. The molecule has 11 heteroatoms.